The monoisotopic (exact) mass is 281 g/mol. The fourth-order valence-corrected chi connectivity index (χ4v) is 3.39. The molecule has 0 fully saturated rings. The van der Waals surface area contributed by atoms with E-state index in [-0.39, 0.29) is 10.8 Å². The zero-order valence-electron chi connectivity index (χ0n) is 10.6. The molecule has 2 rings (SSSR count). The molecule has 0 atom stereocenters. The summed E-state index contributed by atoms with van der Waals surface area (Å²) in [5.41, 5.74) is 4.37. The molecule has 19 heavy (non-hydrogen) atoms. The predicted octanol–water partition coefficient (Wildman–Crippen LogP) is 1.11. The maximum atomic E-state index is 12.3. The van der Waals surface area contributed by atoms with E-state index in [1.54, 1.807) is 32.2 Å². The van der Waals surface area contributed by atoms with Crippen LogP contribution in [0.25, 0.3) is 0 Å². The van der Waals surface area contributed by atoms with Gasteiger partial charge in [-0.25, -0.2) is 18.1 Å². The van der Waals surface area contributed by atoms with Crippen LogP contribution >= 0.6 is 0 Å². The van der Waals surface area contributed by atoms with E-state index in [2.05, 4.69) is 20.1 Å². The third-order valence-electron chi connectivity index (χ3n) is 2.62. The van der Waals surface area contributed by atoms with Crippen LogP contribution < -0.4 is 16.0 Å². The molecule has 0 aliphatic carbocycles. The average Bonchev–Trinajstić information content (AvgIpc) is 2.79. The van der Waals surface area contributed by atoms with Crippen molar-refractivity contribution in [1.82, 2.24) is 9.97 Å². The first-order valence-corrected chi connectivity index (χ1v) is 7.02. The number of aromatic nitrogens is 2. The summed E-state index contributed by atoms with van der Waals surface area (Å²) in [7, 11) is -3.68. The molecule has 0 amide bonds. The van der Waals surface area contributed by atoms with Crippen LogP contribution in [0.5, 0.6) is 0 Å². The molecule has 102 valence electrons. The van der Waals surface area contributed by atoms with Crippen molar-refractivity contribution in [3.8, 4) is 0 Å². The van der Waals surface area contributed by atoms with Gasteiger partial charge in [0, 0.05) is 18.1 Å². The summed E-state index contributed by atoms with van der Waals surface area (Å²) < 4.78 is 27.0. The first-order valence-electron chi connectivity index (χ1n) is 5.54. The second-order valence-electron chi connectivity index (χ2n) is 4.13. The molecule has 8 heteroatoms. The van der Waals surface area contributed by atoms with Gasteiger partial charge in [0.25, 0.3) is 10.0 Å². The smallest absolute Gasteiger partial charge is 0.264 e. The molecule has 7 nitrogen and oxygen atoms in total. The lowest BCUT2D eigenvalue weighted by Crippen LogP contribution is -2.17. The van der Waals surface area contributed by atoms with Gasteiger partial charge in [0.05, 0.1) is 4.90 Å². The van der Waals surface area contributed by atoms with Gasteiger partial charge in [-0.2, -0.15) is 0 Å². The maximum absolute atomic E-state index is 12.3. The summed E-state index contributed by atoms with van der Waals surface area (Å²) >= 11 is 0. The van der Waals surface area contributed by atoms with E-state index in [0.29, 0.717) is 16.8 Å². The Bertz CT molecular complexity index is 656. The molecule has 0 radical (unpaired) electrons. The van der Waals surface area contributed by atoms with Crippen molar-refractivity contribution in [3.63, 3.8) is 0 Å². The number of sulfonamides is 1. The first-order chi connectivity index (χ1) is 8.94. The molecule has 0 spiro atoms. The Kier molecular flexibility index (Phi) is 3.45. The molecule has 1 aromatic carbocycles. The number of nitrogens with one attached hydrogen (secondary N) is 3. The number of hydrogen-bond donors (Lipinski definition) is 4. The van der Waals surface area contributed by atoms with Gasteiger partial charge in [0.1, 0.15) is 0 Å². The Morgan fingerprint density at radius 1 is 1.26 bits per heavy atom. The van der Waals surface area contributed by atoms with E-state index in [1.807, 2.05) is 0 Å². The molecule has 0 unspecified atom stereocenters. The number of benzene rings is 1. The van der Waals surface area contributed by atoms with Gasteiger partial charge in [-0.15, -0.1) is 0 Å². The fourth-order valence-electron chi connectivity index (χ4n) is 1.96. The number of H-pyrrole nitrogens is 1. The van der Waals surface area contributed by atoms with Gasteiger partial charge in [0.2, 0.25) is 5.95 Å². The molecular weight excluding hydrogens is 266 g/mol. The summed E-state index contributed by atoms with van der Waals surface area (Å²) in [5.74, 6) is 5.51. The number of nitrogen functional groups attached to an aromatic ring is 1. The predicted molar refractivity (Wildman–Crippen MR) is 73.1 cm³/mol. The van der Waals surface area contributed by atoms with Crippen molar-refractivity contribution >= 4 is 21.7 Å². The molecule has 1 heterocycles. The zero-order chi connectivity index (χ0) is 14.0. The van der Waals surface area contributed by atoms with Crippen LogP contribution in [-0.4, -0.2) is 18.4 Å². The van der Waals surface area contributed by atoms with Gasteiger partial charge in [-0.05, 0) is 37.1 Å². The molecule has 0 saturated carbocycles. The van der Waals surface area contributed by atoms with Crippen molar-refractivity contribution in [2.45, 2.75) is 18.7 Å². The van der Waals surface area contributed by atoms with Gasteiger partial charge in [0.15, 0.2) is 0 Å². The Morgan fingerprint density at radius 3 is 2.37 bits per heavy atom. The summed E-state index contributed by atoms with van der Waals surface area (Å²) in [6.07, 6.45) is 3.01. The lowest BCUT2D eigenvalue weighted by Gasteiger charge is -2.13. The van der Waals surface area contributed by atoms with Crippen molar-refractivity contribution in [3.05, 3.63) is 35.7 Å². The minimum Gasteiger partial charge on any atom is -0.330 e. The second-order valence-corrected chi connectivity index (χ2v) is 5.75. The average molecular weight is 281 g/mol. The van der Waals surface area contributed by atoms with Crippen LogP contribution in [0.15, 0.2) is 29.4 Å². The number of nitrogens with zero attached hydrogens (tertiary/aromatic N) is 1. The number of hydrogen-bond acceptors (Lipinski definition) is 5. The lowest BCUT2D eigenvalue weighted by atomic mass is 10.1. The Labute approximate surface area is 111 Å². The van der Waals surface area contributed by atoms with Gasteiger partial charge in [-0.3, -0.25) is 5.84 Å². The SMILES string of the molecule is Cc1cc(NN)cc(C)c1S(=O)(=O)Nc1ncc[nH]1. The molecule has 5 N–H and O–H groups in total. The number of hydrazine groups is 1. The topological polar surface area (TPSA) is 113 Å². The molecule has 0 aliphatic rings. The first kappa shape index (κ1) is 13.4. The highest BCUT2D eigenvalue weighted by molar-refractivity contribution is 7.92. The molecule has 0 saturated heterocycles. The number of aryl methyl sites for hydroxylation is 2. The van der Waals surface area contributed by atoms with Crippen molar-refractivity contribution < 1.29 is 8.42 Å². The lowest BCUT2D eigenvalue weighted by molar-refractivity contribution is 0.599. The standard InChI is InChI=1S/C11H15N5O2S/c1-7-5-9(15-12)6-8(2)10(7)19(17,18)16-11-13-3-4-14-11/h3-6,15H,12H2,1-2H3,(H2,13,14,16). The Morgan fingerprint density at radius 2 is 1.89 bits per heavy atom. The minimum atomic E-state index is -3.68. The molecular formula is C11H15N5O2S. The summed E-state index contributed by atoms with van der Waals surface area (Å²) in [4.78, 5) is 6.76. The Hall–Kier alpha value is -2.06. The van der Waals surface area contributed by atoms with E-state index in [0.717, 1.165) is 0 Å². The van der Waals surface area contributed by atoms with Crippen LogP contribution in [0.4, 0.5) is 11.6 Å². The van der Waals surface area contributed by atoms with Crippen molar-refractivity contribution in [2.75, 3.05) is 10.1 Å². The van der Waals surface area contributed by atoms with E-state index < -0.39 is 10.0 Å². The second kappa shape index (κ2) is 4.90. The molecule has 0 bridgehead atoms. The highest BCUT2D eigenvalue weighted by atomic mass is 32.2. The summed E-state index contributed by atoms with van der Waals surface area (Å²) in [5, 5.41) is 0. The van der Waals surface area contributed by atoms with Crippen LogP contribution in [0, 0.1) is 13.8 Å². The van der Waals surface area contributed by atoms with Crippen LogP contribution in [0.3, 0.4) is 0 Å². The summed E-state index contributed by atoms with van der Waals surface area (Å²) in [6, 6.07) is 3.34. The highest BCUT2D eigenvalue weighted by Crippen LogP contribution is 2.25. The van der Waals surface area contributed by atoms with Crippen LogP contribution in [-0.2, 0) is 10.0 Å². The quantitative estimate of drug-likeness (QED) is 0.495. The molecule has 1 aromatic heterocycles. The zero-order valence-corrected chi connectivity index (χ0v) is 11.4. The number of nitrogens with two attached hydrogens (primary N) is 1. The largest absolute Gasteiger partial charge is 0.330 e. The molecule has 0 aliphatic heterocycles. The number of aromatic amines is 1. The minimum absolute atomic E-state index is 0.180. The van der Waals surface area contributed by atoms with Gasteiger partial charge >= 0.3 is 0 Å². The normalized spacial score (nSPS) is 11.3. The fraction of sp³-hybridized carbons (Fsp3) is 0.182. The van der Waals surface area contributed by atoms with Gasteiger partial charge in [-0.1, -0.05) is 0 Å². The molecule has 2 aromatic rings. The highest BCUT2D eigenvalue weighted by Gasteiger charge is 2.21. The number of rotatable bonds is 4. The maximum Gasteiger partial charge on any atom is 0.264 e. The summed E-state index contributed by atoms with van der Waals surface area (Å²) in [6.45, 7) is 3.43. The van der Waals surface area contributed by atoms with Crippen LogP contribution in [0.2, 0.25) is 0 Å². The van der Waals surface area contributed by atoms with Crippen molar-refractivity contribution in [1.29, 1.82) is 0 Å². The third-order valence-corrected chi connectivity index (χ3v) is 4.27. The number of imidazole rings is 1. The van der Waals surface area contributed by atoms with E-state index in [4.69, 9.17) is 5.84 Å². The van der Waals surface area contributed by atoms with E-state index in [9.17, 15) is 8.42 Å². The number of anilines is 2. The van der Waals surface area contributed by atoms with E-state index >= 15 is 0 Å². The van der Waals surface area contributed by atoms with E-state index in [1.165, 1.54) is 6.20 Å². The van der Waals surface area contributed by atoms with Gasteiger partial charge < -0.3 is 10.4 Å². The third kappa shape index (κ3) is 2.69. The Balaban J connectivity index is 2.46. The van der Waals surface area contributed by atoms with Crippen LogP contribution in [0.1, 0.15) is 11.1 Å². The van der Waals surface area contributed by atoms with Crippen molar-refractivity contribution in [2.24, 2.45) is 5.84 Å².